The van der Waals surface area contributed by atoms with Crippen molar-refractivity contribution in [3.05, 3.63) is 65.2 Å². The maximum atomic E-state index is 5.78. The zero-order valence-electron chi connectivity index (χ0n) is 10.7. The van der Waals surface area contributed by atoms with Crippen molar-refractivity contribution in [3.63, 3.8) is 0 Å². The van der Waals surface area contributed by atoms with Crippen LogP contribution in [0.25, 0.3) is 0 Å². The van der Waals surface area contributed by atoms with Crippen LogP contribution in [0.15, 0.2) is 42.5 Å². The van der Waals surface area contributed by atoms with Gasteiger partial charge < -0.3 is 4.74 Å². The number of hydrogen-bond acceptors (Lipinski definition) is 1. The SMILES string of the molecule is Cc1ccc(C)c(OCc2c[c-]ccc2)c1.[Zn+][Br]. The number of aryl methyl sites for hydroxylation is 2. The van der Waals surface area contributed by atoms with Gasteiger partial charge in [0.05, 0.1) is 6.61 Å². The van der Waals surface area contributed by atoms with Crippen molar-refractivity contribution in [2.45, 2.75) is 20.5 Å². The predicted molar refractivity (Wildman–Crippen MR) is 74.5 cm³/mol. The van der Waals surface area contributed by atoms with Crippen LogP contribution in [0.1, 0.15) is 16.7 Å². The average molecular weight is 357 g/mol. The molecule has 0 spiro atoms. The van der Waals surface area contributed by atoms with Crippen LogP contribution in [-0.4, -0.2) is 0 Å². The summed E-state index contributed by atoms with van der Waals surface area (Å²) in [4.78, 5) is 0. The predicted octanol–water partition coefficient (Wildman–Crippen LogP) is 4.53. The first-order chi connectivity index (χ1) is 8.75. The Morgan fingerprint density at radius 1 is 1.22 bits per heavy atom. The van der Waals surface area contributed by atoms with Gasteiger partial charge >= 0.3 is 30.0 Å². The van der Waals surface area contributed by atoms with E-state index in [0.29, 0.717) is 6.61 Å². The van der Waals surface area contributed by atoms with Gasteiger partial charge in [-0.05, 0) is 31.0 Å². The van der Waals surface area contributed by atoms with Gasteiger partial charge in [-0.25, -0.2) is 0 Å². The van der Waals surface area contributed by atoms with E-state index >= 15 is 0 Å². The van der Waals surface area contributed by atoms with Crippen LogP contribution in [0.2, 0.25) is 0 Å². The normalized spacial score (nSPS) is 9.39. The summed E-state index contributed by atoms with van der Waals surface area (Å²) < 4.78 is 5.78. The fourth-order valence-electron chi connectivity index (χ4n) is 1.54. The van der Waals surface area contributed by atoms with Crippen molar-refractivity contribution in [2.24, 2.45) is 0 Å². The number of hydrogen-bond donors (Lipinski definition) is 0. The van der Waals surface area contributed by atoms with Crippen LogP contribution in [0, 0.1) is 19.9 Å². The molecule has 2 aromatic rings. The fraction of sp³-hybridized carbons (Fsp3) is 0.200. The monoisotopic (exact) mass is 354 g/mol. The molecule has 0 heterocycles. The van der Waals surface area contributed by atoms with Crippen molar-refractivity contribution >= 4 is 13.6 Å². The summed E-state index contributed by atoms with van der Waals surface area (Å²) in [5.74, 6) is 0.962. The molecule has 90 valence electrons. The molecular weight excluding hydrogens is 341 g/mol. The first kappa shape index (κ1) is 15.4. The second kappa shape index (κ2) is 8.45. The van der Waals surface area contributed by atoms with Crippen molar-refractivity contribution < 1.29 is 21.1 Å². The van der Waals surface area contributed by atoms with E-state index in [1.807, 2.05) is 24.3 Å². The van der Waals surface area contributed by atoms with Crippen molar-refractivity contribution in [2.75, 3.05) is 0 Å². The molecule has 0 fully saturated rings. The molecule has 0 saturated carbocycles. The first-order valence-electron chi connectivity index (χ1n) is 5.67. The van der Waals surface area contributed by atoms with Gasteiger partial charge in [0.1, 0.15) is 5.75 Å². The molecule has 0 unspecified atom stereocenters. The Morgan fingerprint density at radius 2 is 2.00 bits per heavy atom. The fourth-order valence-corrected chi connectivity index (χ4v) is 1.54. The summed E-state index contributed by atoms with van der Waals surface area (Å²) in [6.45, 7) is 4.73. The Morgan fingerprint density at radius 3 is 2.67 bits per heavy atom. The molecule has 0 saturated heterocycles. The second-order valence-electron chi connectivity index (χ2n) is 3.97. The van der Waals surface area contributed by atoms with Crippen LogP contribution in [-0.2, 0) is 22.9 Å². The molecule has 0 N–H and O–H groups in total. The van der Waals surface area contributed by atoms with Crippen LogP contribution in [0.5, 0.6) is 5.75 Å². The summed E-state index contributed by atoms with van der Waals surface area (Å²) in [5.41, 5.74) is 3.54. The molecule has 2 rings (SSSR count). The molecule has 0 aliphatic rings. The van der Waals surface area contributed by atoms with Gasteiger partial charge in [0.2, 0.25) is 0 Å². The van der Waals surface area contributed by atoms with Crippen molar-refractivity contribution in [1.82, 2.24) is 0 Å². The van der Waals surface area contributed by atoms with Crippen molar-refractivity contribution in [1.29, 1.82) is 0 Å². The molecule has 1 nitrogen and oxygen atoms in total. The molecule has 0 atom stereocenters. The van der Waals surface area contributed by atoms with E-state index < -0.39 is 0 Å². The minimum atomic E-state index is 0.599. The van der Waals surface area contributed by atoms with E-state index in [1.54, 1.807) is 0 Å². The van der Waals surface area contributed by atoms with E-state index in [-0.39, 0.29) is 0 Å². The maximum absolute atomic E-state index is 5.78. The van der Waals surface area contributed by atoms with Gasteiger partial charge in [0, 0.05) is 0 Å². The third-order valence-electron chi connectivity index (χ3n) is 2.51. The number of benzene rings is 2. The van der Waals surface area contributed by atoms with Gasteiger partial charge in [-0.2, -0.15) is 30.3 Å². The van der Waals surface area contributed by atoms with E-state index in [1.165, 1.54) is 27.5 Å². The molecule has 0 amide bonds. The van der Waals surface area contributed by atoms with Gasteiger partial charge in [-0.15, -0.1) is 5.56 Å². The van der Waals surface area contributed by atoms with Gasteiger partial charge in [-0.3, -0.25) is 0 Å². The third-order valence-corrected chi connectivity index (χ3v) is 2.51. The molecule has 0 radical (unpaired) electrons. The Balaban J connectivity index is 0.000000771. The van der Waals surface area contributed by atoms with Crippen molar-refractivity contribution in [3.8, 4) is 5.75 Å². The van der Waals surface area contributed by atoms with Gasteiger partial charge in [0.15, 0.2) is 0 Å². The Kier molecular flexibility index (Phi) is 7.23. The molecular formula is C15H15BrOZn. The Bertz CT molecular complexity index is 471. The summed E-state index contributed by atoms with van der Waals surface area (Å²) >= 11 is 4.25. The Hall–Kier alpha value is -0.657. The summed E-state index contributed by atoms with van der Waals surface area (Å²) in [5, 5.41) is 0. The summed E-state index contributed by atoms with van der Waals surface area (Å²) in [6.07, 6.45) is 0. The Labute approximate surface area is 126 Å². The molecule has 18 heavy (non-hydrogen) atoms. The molecule has 3 heteroatoms. The topological polar surface area (TPSA) is 9.23 Å². The average Bonchev–Trinajstić information content (AvgIpc) is 2.43. The second-order valence-corrected chi connectivity index (χ2v) is 3.97. The minimum absolute atomic E-state index is 0.599. The molecule has 0 aromatic heterocycles. The number of ether oxygens (including phenoxy) is 1. The van der Waals surface area contributed by atoms with E-state index in [4.69, 9.17) is 4.74 Å². The molecule has 0 bridgehead atoms. The standard InChI is InChI=1S/C15H15O.BrH.Zn/c1-12-8-9-13(2)15(10-12)16-11-14-6-4-3-5-7-14;;/h3-4,6-10H,11H2,1-2H3;1H;/q-1;;+2/p-1. The molecule has 2 aromatic carbocycles. The van der Waals surface area contributed by atoms with Crippen LogP contribution in [0.3, 0.4) is 0 Å². The number of rotatable bonds is 3. The summed E-state index contributed by atoms with van der Waals surface area (Å²) in [6, 6.07) is 17.2. The first-order valence-corrected chi connectivity index (χ1v) is 12.6. The zero-order valence-corrected chi connectivity index (χ0v) is 15.3. The van der Waals surface area contributed by atoms with Crippen LogP contribution < -0.4 is 4.74 Å². The van der Waals surface area contributed by atoms with Crippen LogP contribution in [0.4, 0.5) is 0 Å². The molecule has 0 aliphatic heterocycles. The quantitative estimate of drug-likeness (QED) is 0.580. The van der Waals surface area contributed by atoms with Crippen LogP contribution >= 0.6 is 13.6 Å². The zero-order chi connectivity index (χ0) is 13.4. The van der Waals surface area contributed by atoms with Gasteiger partial charge in [0.25, 0.3) is 0 Å². The van der Waals surface area contributed by atoms with E-state index in [9.17, 15) is 0 Å². The molecule has 0 aliphatic carbocycles. The van der Waals surface area contributed by atoms with E-state index in [2.05, 4.69) is 51.7 Å². The van der Waals surface area contributed by atoms with Gasteiger partial charge in [-0.1, -0.05) is 12.1 Å². The summed E-state index contributed by atoms with van der Waals surface area (Å²) in [7, 11) is 0. The van der Waals surface area contributed by atoms with E-state index in [0.717, 1.165) is 11.3 Å². The third kappa shape index (κ3) is 4.91. The number of halogens is 1.